The second-order valence-corrected chi connectivity index (χ2v) is 4.95. The Morgan fingerprint density at radius 1 is 1.53 bits per heavy atom. The number of aromatic nitrogens is 1. The fourth-order valence-electron chi connectivity index (χ4n) is 2.14. The summed E-state index contributed by atoms with van der Waals surface area (Å²) in [5.74, 6) is 0. The normalized spacial score (nSPS) is 22.9. The highest BCUT2D eigenvalue weighted by atomic mass is 32.1. The third-order valence-corrected chi connectivity index (χ3v) is 3.70. The molecule has 2 rings (SSSR count). The van der Waals surface area contributed by atoms with Crippen molar-refractivity contribution < 1.29 is 0 Å². The SMILES string of the molecule is CN(Cc1cscn1)C1CCCNCC1. The molecule has 0 amide bonds. The van der Waals surface area contributed by atoms with Crippen LogP contribution in [0.2, 0.25) is 0 Å². The molecule has 1 atom stereocenters. The number of nitrogens with zero attached hydrogens (tertiary/aromatic N) is 2. The third-order valence-electron chi connectivity index (χ3n) is 3.06. The Morgan fingerprint density at radius 2 is 2.47 bits per heavy atom. The Kier molecular flexibility index (Phi) is 4.11. The first-order valence-corrected chi connectivity index (χ1v) is 6.58. The summed E-state index contributed by atoms with van der Waals surface area (Å²) in [5.41, 5.74) is 3.12. The van der Waals surface area contributed by atoms with E-state index in [4.69, 9.17) is 0 Å². The monoisotopic (exact) mass is 225 g/mol. The maximum atomic E-state index is 4.34. The van der Waals surface area contributed by atoms with Gasteiger partial charge >= 0.3 is 0 Å². The van der Waals surface area contributed by atoms with Crippen LogP contribution in [0, 0.1) is 0 Å². The Morgan fingerprint density at radius 3 is 3.27 bits per heavy atom. The molecule has 2 heterocycles. The minimum atomic E-state index is 0.724. The Balaban J connectivity index is 1.86. The summed E-state index contributed by atoms with van der Waals surface area (Å²) in [6.07, 6.45) is 3.88. The molecule has 1 N–H and O–H groups in total. The molecule has 1 saturated heterocycles. The van der Waals surface area contributed by atoms with Crippen molar-refractivity contribution in [2.75, 3.05) is 20.1 Å². The first kappa shape index (κ1) is 11.0. The van der Waals surface area contributed by atoms with Crippen LogP contribution >= 0.6 is 11.3 Å². The summed E-state index contributed by atoms with van der Waals surface area (Å²) in [6, 6.07) is 0.724. The number of thiazole rings is 1. The van der Waals surface area contributed by atoms with Gasteiger partial charge in [0.15, 0.2) is 0 Å². The van der Waals surface area contributed by atoms with E-state index in [1.54, 1.807) is 11.3 Å². The van der Waals surface area contributed by atoms with Gasteiger partial charge in [-0.15, -0.1) is 11.3 Å². The highest BCUT2D eigenvalue weighted by Crippen LogP contribution is 2.14. The van der Waals surface area contributed by atoms with Gasteiger partial charge in [0.2, 0.25) is 0 Å². The van der Waals surface area contributed by atoms with E-state index >= 15 is 0 Å². The number of nitrogens with one attached hydrogen (secondary N) is 1. The number of rotatable bonds is 3. The molecule has 1 fully saturated rings. The second kappa shape index (κ2) is 5.58. The van der Waals surface area contributed by atoms with Gasteiger partial charge in [-0.1, -0.05) is 0 Å². The lowest BCUT2D eigenvalue weighted by Crippen LogP contribution is -2.32. The van der Waals surface area contributed by atoms with Gasteiger partial charge in [0, 0.05) is 18.0 Å². The second-order valence-electron chi connectivity index (χ2n) is 4.23. The predicted molar refractivity (Wildman–Crippen MR) is 64.1 cm³/mol. The molecule has 4 heteroatoms. The third kappa shape index (κ3) is 3.26. The van der Waals surface area contributed by atoms with Crippen molar-refractivity contribution in [2.45, 2.75) is 31.8 Å². The molecule has 0 saturated carbocycles. The van der Waals surface area contributed by atoms with Crippen LogP contribution in [0.15, 0.2) is 10.9 Å². The average Bonchev–Trinajstić information content (AvgIpc) is 2.58. The van der Waals surface area contributed by atoms with E-state index in [9.17, 15) is 0 Å². The van der Waals surface area contributed by atoms with Crippen molar-refractivity contribution in [1.29, 1.82) is 0 Å². The molecule has 0 aliphatic carbocycles. The quantitative estimate of drug-likeness (QED) is 0.849. The summed E-state index contributed by atoms with van der Waals surface area (Å²) >= 11 is 1.68. The smallest absolute Gasteiger partial charge is 0.0795 e. The topological polar surface area (TPSA) is 28.2 Å². The molecule has 0 bridgehead atoms. The molecule has 1 aromatic heterocycles. The van der Waals surface area contributed by atoms with E-state index in [0.717, 1.165) is 19.1 Å². The largest absolute Gasteiger partial charge is 0.317 e. The van der Waals surface area contributed by atoms with Gasteiger partial charge in [-0.05, 0) is 39.4 Å². The molecule has 3 nitrogen and oxygen atoms in total. The van der Waals surface area contributed by atoms with Gasteiger partial charge in [0.25, 0.3) is 0 Å². The minimum absolute atomic E-state index is 0.724. The van der Waals surface area contributed by atoms with Crippen molar-refractivity contribution in [1.82, 2.24) is 15.2 Å². The average molecular weight is 225 g/mol. The van der Waals surface area contributed by atoms with Crippen LogP contribution in [0.25, 0.3) is 0 Å². The fraction of sp³-hybridized carbons (Fsp3) is 0.727. The van der Waals surface area contributed by atoms with Gasteiger partial charge in [0.1, 0.15) is 0 Å². The highest BCUT2D eigenvalue weighted by molar-refractivity contribution is 7.07. The first-order valence-electron chi connectivity index (χ1n) is 5.64. The Hall–Kier alpha value is -0.450. The molecule has 84 valence electrons. The lowest BCUT2D eigenvalue weighted by atomic mass is 10.1. The van der Waals surface area contributed by atoms with Crippen molar-refractivity contribution >= 4 is 11.3 Å². The summed E-state index contributed by atoms with van der Waals surface area (Å²) < 4.78 is 0. The van der Waals surface area contributed by atoms with Crippen LogP contribution in [0.3, 0.4) is 0 Å². The number of hydrogen-bond donors (Lipinski definition) is 1. The van der Waals surface area contributed by atoms with Gasteiger partial charge in [-0.3, -0.25) is 4.90 Å². The zero-order valence-corrected chi connectivity index (χ0v) is 10.1. The van der Waals surface area contributed by atoms with Crippen LogP contribution in [0.4, 0.5) is 0 Å². The zero-order valence-electron chi connectivity index (χ0n) is 9.28. The van der Waals surface area contributed by atoms with Crippen LogP contribution in [-0.4, -0.2) is 36.1 Å². The molecular weight excluding hydrogens is 206 g/mol. The standard InChI is InChI=1S/C11H19N3S/c1-14(7-10-8-15-9-13-10)11-3-2-5-12-6-4-11/h8-9,11-12H,2-7H2,1H3. The molecule has 1 unspecified atom stereocenters. The maximum absolute atomic E-state index is 4.34. The molecular formula is C11H19N3S. The van der Waals surface area contributed by atoms with Crippen LogP contribution in [-0.2, 0) is 6.54 Å². The molecule has 15 heavy (non-hydrogen) atoms. The molecule has 0 spiro atoms. The predicted octanol–water partition coefficient (Wildman–Crippen LogP) is 1.72. The molecule has 1 aliphatic heterocycles. The summed E-state index contributed by atoms with van der Waals surface area (Å²) in [7, 11) is 2.22. The summed E-state index contributed by atoms with van der Waals surface area (Å²) in [6.45, 7) is 3.33. The Bertz CT molecular complexity index is 265. The van der Waals surface area contributed by atoms with Crippen molar-refractivity contribution in [3.05, 3.63) is 16.6 Å². The number of hydrogen-bond acceptors (Lipinski definition) is 4. The fourth-order valence-corrected chi connectivity index (χ4v) is 2.69. The van der Waals surface area contributed by atoms with Gasteiger partial charge < -0.3 is 5.32 Å². The maximum Gasteiger partial charge on any atom is 0.0795 e. The van der Waals surface area contributed by atoms with Crippen LogP contribution in [0.5, 0.6) is 0 Å². The summed E-state index contributed by atoms with van der Waals surface area (Å²) in [5, 5.41) is 5.60. The van der Waals surface area contributed by atoms with Crippen molar-refractivity contribution in [3.8, 4) is 0 Å². The van der Waals surface area contributed by atoms with Crippen molar-refractivity contribution in [2.24, 2.45) is 0 Å². The van der Waals surface area contributed by atoms with Crippen molar-refractivity contribution in [3.63, 3.8) is 0 Å². The van der Waals surface area contributed by atoms with Crippen LogP contribution < -0.4 is 5.32 Å². The highest BCUT2D eigenvalue weighted by Gasteiger charge is 2.16. The lowest BCUT2D eigenvalue weighted by Gasteiger charge is -2.25. The lowest BCUT2D eigenvalue weighted by molar-refractivity contribution is 0.214. The van der Waals surface area contributed by atoms with Gasteiger partial charge in [-0.2, -0.15) is 0 Å². The molecule has 0 radical (unpaired) electrons. The molecule has 0 aromatic carbocycles. The zero-order chi connectivity index (χ0) is 10.5. The Labute approximate surface area is 95.5 Å². The first-order chi connectivity index (χ1) is 7.36. The van der Waals surface area contributed by atoms with Gasteiger partial charge in [0.05, 0.1) is 11.2 Å². The molecule has 1 aliphatic rings. The van der Waals surface area contributed by atoms with E-state index in [1.165, 1.54) is 31.5 Å². The molecule has 1 aromatic rings. The van der Waals surface area contributed by atoms with E-state index in [1.807, 2.05) is 5.51 Å². The van der Waals surface area contributed by atoms with E-state index in [0.29, 0.717) is 0 Å². The minimum Gasteiger partial charge on any atom is -0.317 e. The van der Waals surface area contributed by atoms with E-state index in [2.05, 4.69) is 27.6 Å². The van der Waals surface area contributed by atoms with E-state index < -0.39 is 0 Å². The van der Waals surface area contributed by atoms with E-state index in [-0.39, 0.29) is 0 Å². The van der Waals surface area contributed by atoms with Gasteiger partial charge in [-0.25, -0.2) is 4.98 Å². The summed E-state index contributed by atoms with van der Waals surface area (Å²) in [4.78, 5) is 6.78. The van der Waals surface area contributed by atoms with Crippen LogP contribution in [0.1, 0.15) is 25.0 Å².